The minimum absolute atomic E-state index is 0.0818. The molecule has 1 rings (SSSR count). The third-order valence-corrected chi connectivity index (χ3v) is 4.14. The summed E-state index contributed by atoms with van der Waals surface area (Å²) in [5.41, 5.74) is 0. The molecular formula is C11H14ClNO4S. The molecule has 0 aliphatic carbocycles. The summed E-state index contributed by atoms with van der Waals surface area (Å²) < 4.78 is 25.9. The van der Waals surface area contributed by atoms with Crippen LogP contribution in [0.25, 0.3) is 0 Å². The van der Waals surface area contributed by atoms with Gasteiger partial charge in [-0.2, -0.15) is 0 Å². The quantitative estimate of drug-likeness (QED) is 0.836. The molecule has 1 aromatic carbocycles. The second-order valence-electron chi connectivity index (χ2n) is 3.88. The summed E-state index contributed by atoms with van der Waals surface area (Å²) in [6.45, 7) is 1.61. The Morgan fingerprint density at radius 3 is 2.44 bits per heavy atom. The van der Waals surface area contributed by atoms with Crippen LogP contribution < -0.4 is 4.72 Å². The number of carbonyl (C=O) groups is 1. The molecule has 0 spiro atoms. The van der Waals surface area contributed by atoms with E-state index in [-0.39, 0.29) is 17.9 Å². The molecule has 18 heavy (non-hydrogen) atoms. The van der Waals surface area contributed by atoms with Crippen molar-refractivity contribution in [3.63, 3.8) is 0 Å². The van der Waals surface area contributed by atoms with Crippen LogP contribution in [0.15, 0.2) is 29.2 Å². The first-order valence-electron chi connectivity index (χ1n) is 5.31. The van der Waals surface area contributed by atoms with Crippen LogP contribution >= 0.6 is 11.6 Å². The average Bonchev–Trinajstić information content (AvgIpc) is 2.29. The van der Waals surface area contributed by atoms with E-state index in [2.05, 4.69) is 4.72 Å². The first kappa shape index (κ1) is 14.9. The fraction of sp³-hybridized carbons (Fsp3) is 0.364. The molecule has 0 aliphatic heterocycles. The molecule has 2 N–H and O–H groups in total. The summed E-state index contributed by atoms with van der Waals surface area (Å²) in [6, 6.07) is 5.75. The molecule has 0 aromatic heterocycles. The summed E-state index contributed by atoms with van der Waals surface area (Å²) >= 11 is 5.66. The second kappa shape index (κ2) is 6.17. The maximum Gasteiger partial charge on any atom is 0.306 e. The fourth-order valence-electron chi connectivity index (χ4n) is 1.23. The topological polar surface area (TPSA) is 83.5 Å². The van der Waals surface area contributed by atoms with Crippen molar-refractivity contribution in [1.29, 1.82) is 0 Å². The van der Waals surface area contributed by atoms with Crippen molar-refractivity contribution in [2.75, 3.05) is 6.54 Å². The van der Waals surface area contributed by atoms with Crippen molar-refractivity contribution in [3.8, 4) is 0 Å². The van der Waals surface area contributed by atoms with Crippen molar-refractivity contribution < 1.29 is 18.3 Å². The number of halogens is 1. The fourth-order valence-corrected chi connectivity index (χ4v) is 2.40. The summed E-state index contributed by atoms with van der Waals surface area (Å²) in [5, 5.41) is 9.12. The highest BCUT2D eigenvalue weighted by Gasteiger charge is 2.15. The van der Waals surface area contributed by atoms with Crippen molar-refractivity contribution >= 4 is 27.6 Å². The van der Waals surface area contributed by atoms with E-state index in [1.165, 1.54) is 31.2 Å². The maximum atomic E-state index is 11.8. The van der Waals surface area contributed by atoms with Gasteiger partial charge in [0.15, 0.2) is 0 Å². The van der Waals surface area contributed by atoms with Crippen LogP contribution in [-0.2, 0) is 14.8 Å². The third-order valence-electron chi connectivity index (χ3n) is 2.41. The van der Waals surface area contributed by atoms with Crippen molar-refractivity contribution in [2.24, 2.45) is 5.92 Å². The number of hydrogen-bond donors (Lipinski definition) is 2. The minimum Gasteiger partial charge on any atom is -0.481 e. The van der Waals surface area contributed by atoms with Gasteiger partial charge in [0.1, 0.15) is 0 Å². The van der Waals surface area contributed by atoms with Gasteiger partial charge in [0, 0.05) is 11.6 Å². The van der Waals surface area contributed by atoms with E-state index in [9.17, 15) is 13.2 Å². The number of carboxylic acids is 1. The summed E-state index contributed by atoms with van der Waals surface area (Å²) in [6.07, 6.45) is 0.238. The molecular weight excluding hydrogens is 278 g/mol. The van der Waals surface area contributed by atoms with Gasteiger partial charge < -0.3 is 5.11 Å². The molecule has 100 valence electrons. The molecule has 0 fully saturated rings. The van der Waals surface area contributed by atoms with Crippen LogP contribution in [0.5, 0.6) is 0 Å². The van der Waals surface area contributed by atoms with Crippen LogP contribution in [0.4, 0.5) is 0 Å². The Bertz CT molecular complexity index is 512. The molecule has 5 nitrogen and oxygen atoms in total. The number of hydrogen-bond acceptors (Lipinski definition) is 3. The van der Waals surface area contributed by atoms with Crippen molar-refractivity contribution in [1.82, 2.24) is 4.72 Å². The molecule has 0 aliphatic rings. The van der Waals surface area contributed by atoms with Gasteiger partial charge in [-0.1, -0.05) is 18.5 Å². The highest BCUT2D eigenvalue weighted by Crippen LogP contribution is 2.14. The lowest BCUT2D eigenvalue weighted by Gasteiger charge is -2.08. The Labute approximate surface area is 111 Å². The number of benzene rings is 1. The Balaban J connectivity index is 2.60. The molecule has 0 saturated heterocycles. The number of nitrogens with one attached hydrogen (secondary N) is 1. The molecule has 0 saturated carbocycles. The number of sulfonamides is 1. The number of carboxylic acid groups (broad SMARTS) is 1. The number of aliphatic carboxylic acids is 1. The SMILES string of the molecule is CC(CCNS(=O)(=O)c1ccc(Cl)cc1)C(=O)O. The lowest BCUT2D eigenvalue weighted by molar-refractivity contribution is -0.141. The Kier molecular flexibility index (Phi) is 5.13. The third kappa shape index (κ3) is 4.29. The second-order valence-corrected chi connectivity index (χ2v) is 6.08. The molecule has 0 amide bonds. The monoisotopic (exact) mass is 291 g/mol. The van der Waals surface area contributed by atoms with Crippen LogP contribution in [0.2, 0.25) is 5.02 Å². The predicted octanol–water partition coefficient (Wildman–Crippen LogP) is 1.73. The Hall–Kier alpha value is -1.11. The van der Waals surface area contributed by atoms with Gasteiger partial charge in [-0.15, -0.1) is 0 Å². The Morgan fingerprint density at radius 1 is 1.39 bits per heavy atom. The largest absolute Gasteiger partial charge is 0.481 e. The predicted molar refractivity (Wildman–Crippen MR) is 68.1 cm³/mol. The molecule has 1 unspecified atom stereocenters. The van der Waals surface area contributed by atoms with Gasteiger partial charge in [0.2, 0.25) is 10.0 Å². The number of rotatable bonds is 6. The van der Waals surface area contributed by atoms with E-state index in [0.29, 0.717) is 5.02 Å². The standard InChI is InChI=1S/C11H14ClNO4S/c1-8(11(14)15)6-7-13-18(16,17)10-4-2-9(12)3-5-10/h2-5,8,13H,6-7H2,1H3,(H,14,15). The summed E-state index contributed by atoms with van der Waals surface area (Å²) in [5.74, 6) is -1.53. The highest BCUT2D eigenvalue weighted by molar-refractivity contribution is 7.89. The van der Waals surface area contributed by atoms with E-state index in [4.69, 9.17) is 16.7 Å². The van der Waals surface area contributed by atoms with Gasteiger partial charge >= 0.3 is 5.97 Å². The molecule has 7 heteroatoms. The molecule has 0 bridgehead atoms. The van der Waals surface area contributed by atoms with Gasteiger partial charge in [-0.05, 0) is 30.7 Å². The first-order valence-corrected chi connectivity index (χ1v) is 7.17. The normalized spacial score (nSPS) is 13.2. The van der Waals surface area contributed by atoms with Crippen molar-refractivity contribution in [2.45, 2.75) is 18.2 Å². The molecule has 0 heterocycles. The van der Waals surface area contributed by atoms with Crippen LogP contribution in [0.1, 0.15) is 13.3 Å². The zero-order valence-corrected chi connectivity index (χ0v) is 11.3. The van der Waals surface area contributed by atoms with E-state index in [1.54, 1.807) is 0 Å². The maximum absolute atomic E-state index is 11.8. The molecule has 1 atom stereocenters. The van der Waals surface area contributed by atoms with E-state index in [0.717, 1.165) is 0 Å². The van der Waals surface area contributed by atoms with Crippen LogP contribution in [0.3, 0.4) is 0 Å². The smallest absolute Gasteiger partial charge is 0.306 e. The van der Waals surface area contributed by atoms with E-state index in [1.807, 2.05) is 0 Å². The zero-order valence-electron chi connectivity index (χ0n) is 9.76. The van der Waals surface area contributed by atoms with E-state index >= 15 is 0 Å². The zero-order chi connectivity index (χ0) is 13.8. The van der Waals surface area contributed by atoms with Gasteiger partial charge in [-0.25, -0.2) is 13.1 Å². The highest BCUT2D eigenvalue weighted by atomic mass is 35.5. The summed E-state index contributed by atoms with van der Waals surface area (Å²) in [4.78, 5) is 10.7. The summed E-state index contributed by atoms with van der Waals surface area (Å²) in [7, 11) is -3.60. The average molecular weight is 292 g/mol. The lowest BCUT2D eigenvalue weighted by Crippen LogP contribution is -2.27. The van der Waals surface area contributed by atoms with Gasteiger partial charge in [0.25, 0.3) is 0 Å². The molecule has 0 radical (unpaired) electrons. The first-order chi connectivity index (χ1) is 8.33. The van der Waals surface area contributed by atoms with Gasteiger partial charge in [0.05, 0.1) is 10.8 Å². The Morgan fingerprint density at radius 2 is 1.94 bits per heavy atom. The van der Waals surface area contributed by atoms with Crippen molar-refractivity contribution in [3.05, 3.63) is 29.3 Å². The van der Waals surface area contributed by atoms with E-state index < -0.39 is 21.9 Å². The lowest BCUT2D eigenvalue weighted by atomic mass is 10.1. The molecule has 1 aromatic rings. The minimum atomic E-state index is -3.60. The van der Waals surface area contributed by atoms with Gasteiger partial charge in [-0.3, -0.25) is 4.79 Å². The van der Waals surface area contributed by atoms with Crippen LogP contribution in [0, 0.1) is 5.92 Å². The van der Waals surface area contributed by atoms with Crippen LogP contribution in [-0.4, -0.2) is 26.0 Å².